The van der Waals surface area contributed by atoms with Gasteiger partial charge in [-0.15, -0.1) is 11.8 Å². The molecule has 0 saturated carbocycles. The van der Waals surface area contributed by atoms with E-state index in [-0.39, 0.29) is 11.8 Å². The number of amides is 2. The first kappa shape index (κ1) is 16.7. The molecule has 132 valence electrons. The molecule has 0 unspecified atom stereocenters. The lowest BCUT2D eigenvalue weighted by molar-refractivity contribution is -0.116. The van der Waals surface area contributed by atoms with Gasteiger partial charge < -0.3 is 15.0 Å². The summed E-state index contributed by atoms with van der Waals surface area (Å²) < 4.78 is 5.36. The highest BCUT2D eigenvalue weighted by atomic mass is 32.2. The van der Waals surface area contributed by atoms with Crippen molar-refractivity contribution in [1.82, 2.24) is 0 Å². The van der Waals surface area contributed by atoms with Crippen LogP contribution in [0.15, 0.2) is 59.7 Å². The maximum atomic E-state index is 12.9. The number of rotatable bonds is 3. The lowest BCUT2D eigenvalue weighted by Gasteiger charge is -2.18. The Kier molecular flexibility index (Phi) is 4.67. The Balaban J connectivity index is 1.52. The van der Waals surface area contributed by atoms with Crippen LogP contribution in [-0.2, 0) is 16.0 Å². The average Bonchev–Trinajstić information content (AvgIpc) is 3.12. The molecule has 2 aliphatic rings. The van der Waals surface area contributed by atoms with Crippen molar-refractivity contribution >= 4 is 35.0 Å². The first-order valence-electron chi connectivity index (χ1n) is 8.48. The van der Waals surface area contributed by atoms with Crippen molar-refractivity contribution in [2.24, 2.45) is 0 Å². The number of fused-ring (bicyclic) bond motifs is 1. The molecule has 2 amide bonds. The number of nitrogens with zero attached hydrogens (tertiary/aromatic N) is 1. The number of nitrogens with one attached hydrogen (secondary N) is 1. The minimum atomic E-state index is -0.298. The van der Waals surface area contributed by atoms with E-state index in [1.54, 1.807) is 46.3 Å². The van der Waals surface area contributed by atoms with Crippen LogP contribution in [0.1, 0.15) is 15.9 Å². The fraction of sp³-hybridized carbons (Fsp3) is 0.200. The van der Waals surface area contributed by atoms with Crippen LogP contribution in [0.25, 0.3) is 0 Å². The molecule has 0 bridgehead atoms. The standard InChI is InChI=1S/C20H18N2O3S/c23-19(18-13-26-11-10-25-18)21-16-6-3-5-15(12-16)20(24)22-9-8-14-4-1-2-7-17(14)22/h1-7,12-13H,8-11H2,(H,21,23). The lowest BCUT2D eigenvalue weighted by Crippen LogP contribution is -2.29. The molecular formula is C20H18N2O3S. The van der Waals surface area contributed by atoms with E-state index in [0.29, 0.717) is 30.2 Å². The van der Waals surface area contributed by atoms with Gasteiger partial charge in [-0.05, 0) is 36.2 Å². The second-order valence-corrected chi connectivity index (χ2v) is 7.05. The van der Waals surface area contributed by atoms with Gasteiger partial charge in [0.1, 0.15) is 0 Å². The molecule has 1 N–H and O–H groups in total. The Bertz CT molecular complexity index is 894. The Morgan fingerprint density at radius 3 is 2.85 bits per heavy atom. The van der Waals surface area contributed by atoms with Crippen LogP contribution >= 0.6 is 11.8 Å². The predicted octanol–water partition coefficient (Wildman–Crippen LogP) is 3.43. The highest BCUT2D eigenvalue weighted by molar-refractivity contribution is 8.02. The third-order valence-corrected chi connectivity index (χ3v) is 5.16. The summed E-state index contributed by atoms with van der Waals surface area (Å²) in [5.74, 6) is 0.799. The molecule has 0 radical (unpaired) electrons. The molecule has 0 aromatic heterocycles. The van der Waals surface area contributed by atoms with Crippen LogP contribution in [0, 0.1) is 0 Å². The molecule has 6 heteroatoms. The van der Waals surface area contributed by atoms with Gasteiger partial charge in [0.15, 0.2) is 5.76 Å². The topological polar surface area (TPSA) is 58.6 Å². The maximum absolute atomic E-state index is 12.9. The van der Waals surface area contributed by atoms with Crippen molar-refractivity contribution in [2.75, 3.05) is 29.1 Å². The Hall–Kier alpha value is -2.73. The van der Waals surface area contributed by atoms with Crippen molar-refractivity contribution in [3.05, 3.63) is 70.8 Å². The summed E-state index contributed by atoms with van der Waals surface area (Å²) in [5.41, 5.74) is 3.27. The summed E-state index contributed by atoms with van der Waals surface area (Å²) in [7, 11) is 0. The van der Waals surface area contributed by atoms with Gasteiger partial charge in [0.2, 0.25) is 0 Å². The zero-order chi connectivity index (χ0) is 17.9. The zero-order valence-electron chi connectivity index (χ0n) is 14.1. The van der Waals surface area contributed by atoms with E-state index in [4.69, 9.17) is 4.74 Å². The van der Waals surface area contributed by atoms with Gasteiger partial charge >= 0.3 is 0 Å². The van der Waals surface area contributed by atoms with E-state index < -0.39 is 0 Å². The molecule has 0 spiro atoms. The number of carbonyl (C=O) groups excluding carboxylic acids is 2. The van der Waals surface area contributed by atoms with Gasteiger partial charge in [-0.2, -0.15) is 0 Å². The van der Waals surface area contributed by atoms with Crippen LogP contribution in [-0.4, -0.2) is 30.7 Å². The van der Waals surface area contributed by atoms with Crippen molar-refractivity contribution in [3.8, 4) is 0 Å². The monoisotopic (exact) mass is 366 g/mol. The molecule has 2 aromatic carbocycles. The third-order valence-electron chi connectivity index (χ3n) is 4.37. The average molecular weight is 366 g/mol. The van der Waals surface area contributed by atoms with Gasteiger partial charge in [0.05, 0.1) is 6.61 Å². The minimum absolute atomic E-state index is 0.0604. The van der Waals surface area contributed by atoms with Crippen molar-refractivity contribution < 1.29 is 14.3 Å². The second kappa shape index (κ2) is 7.25. The van der Waals surface area contributed by atoms with Crippen molar-refractivity contribution in [1.29, 1.82) is 0 Å². The van der Waals surface area contributed by atoms with Gasteiger partial charge in [-0.1, -0.05) is 24.3 Å². The molecule has 2 aliphatic heterocycles. The minimum Gasteiger partial charge on any atom is -0.487 e. The maximum Gasteiger partial charge on any atom is 0.291 e. The van der Waals surface area contributed by atoms with Crippen LogP contribution in [0.2, 0.25) is 0 Å². The number of carbonyl (C=O) groups is 2. The van der Waals surface area contributed by atoms with Crippen LogP contribution in [0.4, 0.5) is 11.4 Å². The predicted molar refractivity (Wildman–Crippen MR) is 103 cm³/mol. The zero-order valence-corrected chi connectivity index (χ0v) is 14.9. The van der Waals surface area contributed by atoms with Crippen molar-refractivity contribution in [2.45, 2.75) is 6.42 Å². The quantitative estimate of drug-likeness (QED) is 0.904. The van der Waals surface area contributed by atoms with E-state index in [0.717, 1.165) is 17.9 Å². The highest BCUT2D eigenvalue weighted by Crippen LogP contribution is 2.29. The summed E-state index contributed by atoms with van der Waals surface area (Å²) in [6, 6.07) is 15.0. The largest absolute Gasteiger partial charge is 0.487 e. The summed E-state index contributed by atoms with van der Waals surface area (Å²) in [4.78, 5) is 27.0. The highest BCUT2D eigenvalue weighted by Gasteiger charge is 2.25. The number of ether oxygens (including phenoxy) is 1. The number of hydrogen-bond donors (Lipinski definition) is 1. The summed E-state index contributed by atoms with van der Waals surface area (Å²) in [6.45, 7) is 1.20. The van der Waals surface area contributed by atoms with E-state index >= 15 is 0 Å². The Morgan fingerprint density at radius 2 is 2.00 bits per heavy atom. The number of thioether (sulfide) groups is 1. The van der Waals surface area contributed by atoms with Gasteiger partial charge in [0.25, 0.3) is 11.8 Å². The fourth-order valence-corrected chi connectivity index (χ4v) is 3.74. The van der Waals surface area contributed by atoms with Gasteiger partial charge in [-0.3, -0.25) is 9.59 Å². The van der Waals surface area contributed by atoms with E-state index in [1.807, 2.05) is 18.2 Å². The van der Waals surface area contributed by atoms with Gasteiger partial charge in [-0.25, -0.2) is 0 Å². The van der Waals surface area contributed by atoms with Crippen molar-refractivity contribution in [3.63, 3.8) is 0 Å². The molecule has 0 atom stereocenters. The lowest BCUT2D eigenvalue weighted by atomic mass is 10.1. The number of anilines is 2. The molecule has 4 rings (SSSR count). The molecule has 2 aromatic rings. The van der Waals surface area contributed by atoms with Gasteiger partial charge in [0, 0.05) is 34.6 Å². The summed E-state index contributed by atoms with van der Waals surface area (Å²) >= 11 is 1.55. The van der Waals surface area contributed by atoms with Crippen LogP contribution in [0.5, 0.6) is 0 Å². The number of para-hydroxylation sites is 1. The summed E-state index contributed by atoms with van der Waals surface area (Å²) in [5, 5.41) is 4.52. The SMILES string of the molecule is O=C(Nc1cccc(C(=O)N2CCc3ccccc32)c1)C1=CSCCO1. The third kappa shape index (κ3) is 3.32. The van der Waals surface area contributed by atoms with Crippen LogP contribution in [0.3, 0.4) is 0 Å². The number of hydrogen-bond acceptors (Lipinski definition) is 4. The molecule has 0 fully saturated rings. The molecule has 0 saturated heterocycles. The fourth-order valence-electron chi connectivity index (χ4n) is 3.12. The molecule has 2 heterocycles. The molecule has 5 nitrogen and oxygen atoms in total. The van der Waals surface area contributed by atoms with Crippen LogP contribution < -0.4 is 10.2 Å². The first-order valence-corrected chi connectivity index (χ1v) is 9.53. The van der Waals surface area contributed by atoms with E-state index in [1.165, 1.54) is 5.56 Å². The first-order chi connectivity index (χ1) is 12.7. The Morgan fingerprint density at radius 1 is 1.12 bits per heavy atom. The smallest absolute Gasteiger partial charge is 0.291 e. The normalized spacial score (nSPS) is 15.7. The van der Waals surface area contributed by atoms with E-state index in [9.17, 15) is 9.59 Å². The molecule has 26 heavy (non-hydrogen) atoms. The Labute approximate surface area is 156 Å². The molecular weight excluding hydrogens is 348 g/mol. The number of benzene rings is 2. The second-order valence-electron chi connectivity index (χ2n) is 6.07. The summed E-state index contributed by atoms with van der Waals surface area (Å²) in [6.07, 6.45) is 0.863. The molecule has 0 aliphatic carbocycles. The van der Waals surface area contributed by atoms with E-state index in [2.05, 4.69) is 11.4 Å².